The number of unbranched alkanes of at least 4 members (excludes halogenated alkanes) is 39. The van der Waals surface area contributed by atoms with E-state index in [1.54, 1.807) is 6.08 Å². The maximum absolute atomic E-state index is 12.5. The molecular weight excluding hydrogens is 779 g/mol. The Bertz CT molecular complexity index is 982. The van der Waals surface area contributed by atoms with E-state index in [0.717, 1.165) is 57.8 Å². The van der Waals surface area contributed by atoms with Crippen molar-refractivity contribution in [1.29, 1.82) is 0 Å². The van der Waals surface area contributed by atoms with Crippen molar-refractivity contribution in [2.45, 2.75) is 315 Å². The Labute approximate surface area is 392 Å². The van der Waals surface area contributed by atoms with Crippen LogP contribution in [0.5, 0.6) is 0 Å². The average molecular weight is 889 g/mol. The largest absolute Gasteiger partial charge is 0.466 e. The van der Waals surface area contributed by atoms with Crippen molar-refractivity contribution in [2.75, 3.05) is 13.2 Å². The van der Waals surface area contributed by atoms with E-state index in [9.17, 15) is 19.8 Å². The lowest BCUT2D eigenvalue weighted by Crippen LogP contribution is -2.45. The molecule has 0 aromatic rings. The van der Waals surface area contributed by atoms with E-state index in [-0.39, 0.29) is 18.5 Å². The standard InChI is InChI=1S/C57H109NO5/c1-3-5-7-9-11-13-15-17-18-19-20-21-22-23-24-25-26-27-28-29-33-37-41-45-49-55(60)54(53-59)58-56(61)50-46-42-38-34-31-32-36-40-44-48-52-63-57(62)51-47-43-39-35-30-16-14-12-10-8-6-4-2/h12,14,45,49,54-55,59-60H,3-11,13,15-44,46-48,50-53H2,1-2H3,(H,58,61)/b14-12-,49-45+. The number of amides is 1. The number of hydrogen-bond acceptors (Lipinski definition) is 5. The van der Waals surface area contributed by atoms with Crippen LogP contribution in [0.2, 0.25) is 0 Å². The van der Waals surface area contributed by atoms with Gasteiger partial charge in [0.1, 0.15) is 0 Å². The molecular formula is C57H109NO5. The fourth-order valence-corrected chi connectivity index (χ4v) is 8.63. The molecule has 1 amide bonds. The van der Waals surface area contributed by atoms with Gasteiger partial charge in [-0.05, 0) is 57.8 Å². The smallest absolute Gasteiger partial charge is 0.305 e. The van der Waals surface area contributed by atoms with E-state index >= 15 is 0 Å². The van der Waals surface area contributed by atoms with Gasteiger partial charge in [-0.2, -0.15) is 0 Å². The molecule has 0 saturated heterocycles. The van der Waals surface area contributed by atoms with Gasteiger partial charge >= 0.3 is 5.97 Å². The number of nitrogens with one attached hydrogen (secondary N) is 1. The third-order valence-corrected chi connectivity index (χ3v) is 13.0. The van der Waals surface area contributed by atoms with Gasteiger partial charge in [0.05, 0.1) is 25.4 Å². The predicted molar refractivity (Wildman–Crippen MR) is 273 cm³/mol. The Morgan fingerprint density at radius 2 is 0.746 bits per heavy atom. The summed E-state index contributed by atoms with van der Waals surface area (Å²) < 4.78 is 5.44. The second kappa shape index (κ2) is 53.0. The molecule has 0 rings (SSSR count). The van der Waals surface area contributed by atoms with Gasteiger partial charge in [0, 0.05) is 12.8 Å². The normalized spacial score (nSPS) is 12.8. The Kier molecular flexibility index (Phi) is 51.6. The molecule has 63 heavy (non-hydrogen) atoms. The number of ether oxygens (including phenoxy) is 1. The molecule has 2 atom stereocenters. The van der Waals surface area contributed by atoms with Crippen LogP contribution in [-0.2, 0) is 14.3 Å². The van der Waals surface area contributed by atoms with Crippen LogP contribution in [0.1, 0.15) is 303 Å². The molecule has 0 aliphatic heterocycles. The van der Waals surface area contributed by atoms with E-state index in [2.05, 4.69) is 31.3 Å². The average Bonchev–Trinajstić information content (AvgIpc) is 3.28. The molecule has 0 saturated carbocycles. The summed E-state index contributed by atoms with van der Waals surface area (Å²) in [6.45, 7) is 4.84. The summed E-state index contributed by atoms with van der Waals surface area (Å²) in [4.78, 5) is 24.5. The lowest BCUT2D eigenvalue weighted by molar-refractivity contribution is -0.143. The van der Waals surface area contributed by atoms with E-state index in [1.807, 2.05) is 6.08 Å². The molecule has 0 heterocycles. The lowest BCUT2D eigenvalue weighted by atomic mass is 10.0. The van der Waals surface area contributed by atoms with Crippen LogP contribution >= 0.6 is 0 Å². The first-order chi connectivity index (χ1) is 31.0. The minimum absolute atomic E-state index is 0.0304. The molecule has 2 unspecified atom stereocenters. The number of aliphatic hydroxyl groups excluding tert-OH is 2. The number of rotatable bonds is 52. The van der Waals surface area contributed by atoms with Crippen LogP contribution in [0, 0.1) is 0 Å². The van der Waals surface area contributed by atoms with Crippen molar-refractivity contribution in [3.8, 4) is 0 Å². The van der Waals surface area contributed by atoms with Gasteiger partial charge in [0.2, 0.25) is 5.91 Å². The summed E-state index contributed by atoms with van der Waals surface area (Å²) in [5.41, 5.74) is 0. The van der Waals surface area contributed by atoms with Crippen LogP contribution in [-0.4, -0.2) is 47.4 Å². The molecule has 0 bridgehead atoms. The summed E-state index contributed by atoms with van der Waals surface area (Å²) in [5, 5.41) is 23.2. The zero-order valence-corrected chi connectivity index (χ0v) is 42.3. The van der Waals surface area contributed by atoms with Crippen molar-refractivity contribution in [3.63, 3.8) is 0 Å². The third-order valence-electron chi connectivity index (χ3n) is 13.0. The van der Waals surface area contributed by atoms with Gasteiger partial charge < -0.3 is 20.3 Å². The van der Waals surface area contributed by atoms with Crippen LogP contribution < -0.4 is 5.32 Å². The van der Waals surface area contributed by atoms with Crippen molar-refractivity contribution in [3.05, 3.63) is 24.3 Å². The van der Waals surface area contributed by atoms with Gasteiger partial charge in [0.25, 0.3) is 0 Å². The Morgan fingerprint density at radius 3 is 1.16 bits per heavy atom. The molecule has 0 fully saturated rings. The quantitative estimate of drug-likeness (QED) is 0.0321. The van der Waals surface area contributed by atoms with E-state index in [1.165, 1.54) is 218 Å². The highest BCUT2D eigenvalue weighted by molar-refractivity contribution is 5.76. The van der Waals surface area contributed by atoms with E-state index in [0.29, 0.717) is 19.4 Å². The first kappa shape index (κ1) is 61.3. The summed E-state index contributed by atoms with van der Waals surface area (Å²) in [5.74, 6) is -0.119. The van der Waals surface area contributed by atoms with Crippen LogP contribution in [0.15, 0.2) is 24.3 Å². The summed E-state index contributed by atoms with van der Waals surface area (Å²) >= 11 is 0. The summed E-state index contributed by atoms with van der Waals surface area (Å²) in [6, 6.07) is -0.646. The molecule has 0 aliphatic rings. The molecule has 6 nitrogen and oxygen atoms in total. The summed E-state index contributed by atoms with van der Waals surface area (Å²) in [7, 11) is 0. The fraction of sp³-hybridized carbons (Fsp3) is 0.895. The maximum atomic E-state index is 12.5. The fourth-order valence-electron chi connectivity index (χ4n) is 8.63. The van der Waals surface area contributed by atoms with E-state index < -0.39 is 12.1 Å². The molecule has 0 spiro atoms. The number of hydrogen-bond donors (Lipinski definition) is 3. The molecule has 0 aliphatic carbocycles. The molecule has 0 aromatic heterocycles. The number of esters is 1. The lowest BCUT2D eigenvalue weighted by Gasteiger charge is -2.20. The van der Waals surface area contributed by atoms with Crippen LogP contribution in [0.25, 0.3) is 0 Å². The Hall–Kier alpha value is -1.66. The molecule has 372 valence electrons. The second-order valence-electron chi connectivity index (χ2n) is 19.3. The highest BCUT2D eigenvalue weighted by atomic mass is 16.5. The Morgan fingerprint density at radius 1 is 0.429 bits per heavy atom. The first-order valence-corrected chi connectivity index (χ1v) is 28.1. The van der Waals surface area contributed by atoms with Gasteiger partial charge in [-0.3, -0.25) is 9.59 Å². The number of carbonyl (C=O) groups excluding carboxylic acids is 2. The maximum Gasteiger partial charge on any atom is 0.305 e. The molecule has 6 heteroatoms. The van der Waals surface area contributed by atoms with Crippen molar-refractivity contribution < 1.29 is 24.5 Å². The number of aliphatic hydroxyl groups is 2. The SMILES string of the molecule is CCCCC/C=C\CCCCCCCC(=O)OCCCCCCCCCCCCC(=O)NC(CO)C(O)/C=C/CCCCCCCCCCCCCCCCCCCCCCCC. The first-order valence-electron chi connectivity index (χ1n) is 28.1. The van der Waals surface area contributed by atoms with E-state index in [4.69, 9.17) is 4.74 Å². The number of carbonyl (C=O) groups is 2. The third kappa shape index (κ3) is 49.6. The van der Waals surface area contributed by atoms with Crippen molar-refractivity contribution in [1.82, 2.24) is 5.32 Å². The summed E-state index contributed by atoms with van der Waals surface area (Å²) in [6.07, 6.45) is 63.4. The van der Waals surface area contributed by atoms with Crippen LogP contribution in [0.3, 0.4) is 0 Å². The van der Waals surface area contributed by atoms with Gasteiger partial charge in [-0.1, -0.05) is 256 Å². The number of allylic oxidation sites excluding steroid dienone is 3. The van der Waals surface area contributed by atoms with Crippen LogP contribution in [0.4, 0.5) is 0 Å². The highest BCUT2D eigenvalue weighted by Crippen LogP contribution is 2.17. The molecule has 0 aromatic carbocycles. The van der Waals surface area contributed by atoms with Crippen molar-refractivity contribution in [2.24, 2.45) is 0 Å². The zero-order chi connectivity index (χ0) is 45.8. The minimum Gasteiger partial charge on any atom is -0.466 e. The minimum atomic E-state index is -0.860. The Balaban J connectivity index is 3.51. The van der Waals surface area contributed by atoms with Gasteiger partial charge in [0.15, 0.2) is 0 Å². The zero-order valence-electron chi connectivity index (χ0n) is 42.3. The highest BCUT2D eigenvalue weighted by Gasteiger charge is 2.18. The molecule has 0 radical (unpaired) electrons. The monoisotopic (exact) mass is 888 g/mol. The topological polar surface area (TPSA) is 95.9 Å². The predicted octanol–water partition coefficient (Wildman–Crippen LogP) is 17.1. The van der Waals surface area contributed by atoms with Crippen molar-refractivity contribution >= 4 is 11.9 Å². The second-order valence-corrected chi connectivity index (χ2v) is 19.3. The molecule has 3 N–H and O–H groups in total. The van der Waals surface area contributed by atoms with Gasteiger partial charge in [-0.25, -0.2) is 0 Å². The van der Waals surface area contributed by atoms with Gasteiger partial charge in [-0.15, -0.1) is 0 Å².